The second-order valence-electron chi connectivity index (χ2n) is 28.8. The van der Waals surface area contributed by atoms with Gasteiger partial charge in [0, 0.05) is 68.2 Å². The Bertz CT molecular complexity index is 4070. The SMILES string of the molecule is CC.CC.CC.CC.CC.CC(C)(C)OC(=O)Nc1nccs1.CC(C)(C)[S@@](=O)N=Cc1ccccc1.CC(C)(C)[S@@](=O)N[C@@H](c1ccccc1)c1cnc(N)s1.CC(C)(C)[S@@](=O)N[C@H](c1ccccc1)c1cnc(N)s1.CC(C)(C)[S@](N)=O.Cc1ncc(C(N[S@](=O)C(C)(C)C)c2ccccc2)s1.Nc1nccs1.O=Cc1ccccc1. The third-order valence-electron chi connectivity index (χ3n) is 13.0. The van der Waals surface area contributed by atoms with Crippen LogP contribution in [0.3, 0.4) is 0 Å². The minimum atomic E-state index is -1.18. The summed E-state index contributed by atoms with van der Waals surface area (Å²) in [6.45, 7) is 56.2. The first-order valence-corrected chi connectivity index (χ1v) is 48.6. The van der Waals surface area contributed by atoms with Gasteiger partial charge >= 0.3 is 6.09 Å². The van der Waals surface area contributed by atoms with Gasteiger partial charge in [-0.15, -0.1) is 56.7 Å². The summed E-state index contributed by atoms with van der Waals surface area (Å²) in [6.07, 6.45) is 10.7. The number of carbonyl (C=O) groups excluding carboxylic acids is 2. The molecule has 0 aliphatic carbocycles. The van der Waals surface area contributed by atoms with Gasteiger partial charge in [-0.1, -0.05) is 221 Å². The number of aldehydes is 1. The quantitative estimate of drug-likeness (QED) is 0.0329. The predicted octanol–water partition coefficient (Wildman–Crippen LogP) is 22.1. The van der Waals surface area contributed by atoms with Crippen molar-refractivity contribution in [2.45, 2.75) is 248 Å². The fourth-order valence-electron chi connectivity index (χ4n) is 7.29. The molecular formula is C86H136N14O8S10. The van der Waals surface area contributed by atoms with E-state index < -0.39 is 66.6 Å². The van der Waals surface area contributed by atoms with Crippen LogP contribution < -0.4 is 41.8 Å². The van der Waals surface area contributed by atoms with Crippen molar-refractivity contribution in [1.29, 1.82) is 0 Å². The number of ether oxygens (including phenoxy) is 1. The van der Waals surface area contributed by atoms with E-state index in [9.17, 15) is 30.6 Å². The lowest BCUT2D eigenvalue weighted by molar-refractivity contribution is 0.0635. The van der Waals surface area contributed by atoms with E-state index in [4.69, 9.17) is 27.1 Å². The maximum atomic E-state index is 12.4. The third kappa shape index (κ3) is 52.1. The van der Waals surface area contributed by atoms with Gasteiger partial charge < -0.3 is 21.9 Å². The van der Waals surface area contributed by atoms with E-state index in [1.54, 1.807) is 59.9 Å². The van der Waals surface area contributed by atoms with Crippen molar-refractivity contribution in [2.75, 3.05) is 22.5 Å². The number of aryl methyl sites for hydroxylation is 1. The first-order chi connectivity index (χ1) is 55.4. The summed E-state index contributed by atoms with van der Waals surface area (Å²) in [4.78, 5) is 44.3. The number of thiazole rings is 5. The monoisotopic (exact) mass is 1810 g/mol. The average molecular weight is 1810 g/mol. The van der Waals surface area contributed by atoms with Crippen LogP contribution in [0.4, 0.5) is 25.3 Å². The normalized spacial score (nSPS) is 12.8. The standard InChI is InChI=1S/C15H20N2OS2.2C14H19N3OS2.C11H15NOS.C8H12N2O2S.C7H6O.C4H11NOS.C3H4N2S.5C2H6/c1-11-16-10-13(19-11)14(12-8-6-5-7-9-12)17-20(18)15(2,3)4;2*1-14(2,3)20(18)17-12(10-7-5-4-6-8-10)11-9-16-13(15)19-11;1-11(2,3)14(13)12-9-10-7-5-4-6-8-10;1-8(2,3)12-7(11)10-6-9-4-5-13-6;8-6-7-4-2-1-3-5-7;1-4(2,3)7(5)6;4-3-5-1-2-6-3;5*1-2/h5-10,14,17H,1-4H3;2*4-9,12,17H,1-3H3,(H2,15,16);4-9H,1-3H3;4-5H,1-3H3,(H,9,10,11);1-6H;5H2,1-3H3;1-2H,(H2,4,5);5*1-2H3/t14?,20-;12-,20+;12-,20-;14-;;;7-;;;;;;/m1011..1....../s1. The van der Waals surface area contributed by atoms with Crippen molar-refractivity contribution in [3.05, 3.63) is 241 Å². The third-order valence-corrected chi connectivity index (χ3v) is 24.3. The molecule has 5 heterocycles. The molecule has 0 radical (unpaired) electrons. The van der Waals surface area contributed by atoms with Crippen LogP contribution in [0.5, 0.6) is 0 Å². The van der Waals surface area contributed by atoms with Gasteiger partial charge in [-0.2, -0.15) is 4.40 Å². The number of nitrogens with two attached hydrogens (primary N) is 4. The summed E-state index contributed by atoms with van der Waals surface area (Å²) in [7, 11) is -5.82. The average Bonchev–Trinajstić information content (AvgIpc) is 1.61. The molecule has 12 N–H and O–H groups in total. The number of nitrogens with zero attached hydrogens (tertiary/aromatic N) is 6. The van der Waals surface area contributed by atoms with Crippen LogP contribution in [-0.4, -0.2) is 93.9 Å². The largest absolute Gasteiger partial charge is 0.444 e. The number of nitrogen functional groups attached to an aromatic ring is 3. The summed E-state index contributed by atoms with van der Waals surface area (Å²) in [5.41, 5.74) is 21.1. The van der Waals surface area contributed by atoms with Crippen molar-refractivity contribution in [2.24, 2.45) is 9.54 Å². The molecule has 5 aromatic heterocycles. The van der Waals surface area contributed by atoms with Gasteiger partial charge in [-0.05, 0) is 154 Å². The predicted molar refractivity (Wildman–Crippen MR) is 519 cm³/mol. The smallest absolute Gasteiger partial charge is 0.413 e. The highest BCUT2D eigenvalue weighted by molar-refractivity contribution is 7.85. The van der Waals surface area contributed by atoms with Crippen molar-refractivity contribution >= 4 is 151 Å². The Hall–Kier alpha value is -7.15. The number of hydrogen-bond donors (Lipinski definition) is 8. The van der Waals surface area contributed by atoms with Gasteiger partial charge in [0.15, 0.2) is 20.5 Å². The molecule has 0 saturated carbocycles. The molecule has 10 rings (SSSR count). The van der Waals surface area contributed by atoms with Crippen molar-refractivity contribution < 1.29 is 35.4 Å². The van der Waals surface area contributed by atoms with E-state index in [2.05, 4.69) is 48.8 Å². The van der Waals surface area contributed by atoms with Crippen molar-refractivity contribution in [3.63, 3.8) is 0 Å². The maximum Gasteiger partial charge on any atom is 0.413 e. The second kappa shape index (κ2) is 62.0. The summed E-state index contributed by atoms with van der Waals surface area (Å²) < 4.78 is 76.3. The molecule has 0 aliphatic heterocycles. The van der Waals surface area contributed by atoms with Crippen LogP contribution in [0.2, 0.25) is 0 Å². The van der Waals surface area contributed by atoms with E-state index in [1.807, 2.05) is 352 Å². The van der Waals surface area contributed by atoms with Gasteiger partial charge in [-0.3, -0.25) is 15.3 Å². The van der Waals surface area contributed by atoms with E-state index in [-0.39, 0.29) is 41.9 Å². The van der Waals surface area contributed by atoms with Gasteiger partial charge in [0.1, 0.15) is 22.9 Å². The Balaban J connectivity index is -0.00000129. The van der Waals surface area contributed by atoms with Crippen molar-refractivity contribution in [3.8, 4) is 0 Å². The van der Waals surface area contributed by atoms with Crippen LogP contribution in [-0.2, 0) is 59.7 Å². The Morgan fingerprint density at radius 3 is 0.966 bits per heavy atom. The zero-order valence-corrected chi connectivity index (χ0v) is 82.9. The number of carbonyl (C=O) groups is 2. The second-order valence-corrected chi connectivity index (χ2v) is 43.8. The molecule has 22 nitrogen and oxygen atoms in total. The van der Waals surface area contributed by atoms with Crippen LogP contribution in [0, 0.1) is 6.92 Å². The fraction of sp³-hybridized carbons (Fsp3) is 0.442. The van der Waals surface area contributed by atoms with Gasteiger partial charge in [0.2, 0.25) is 0 Å². The Labute approximate surface area is 740 Å². The van der Waals surface area contributed by atoms with Crippen LogP contribution >= 0.6 is 56.7 Å². The summed E-state index contributed by atoms with van der Waals surface area (Å²) in [5, 5.41) is 14.4. The zero-order valence-electron chi connectivity index (χ0n) is 74.7. The van der Waals surface area contributed by atoms with E-state index in [0.29, 0.717) is 20.5 Å². The van der Waals surface area contributed by atoms with Crippen LogP contribution in [0.15, 0.2) is 198 Å². The summed E-state index contributed by atoms with van der Waals surface area (Å²) >= 11 is 7.26. The molecule has 1 amide bonds. The number of aromatic nitrogens is 5. The Kier molecular flexibility index (Phi) is 60.5. The van der Waals surface area contributed by atoms with Gasteiger partial charge in [0.05, 0.1) is 90.8 Å². The first kappa shape index (κ1) is 115. The Morgan fingerprint density at radius 1 is 0.424 bits per heavy atom. The lowest BCUT2D eigenvalue weighted by Crippen LogP contribution is -2.35. The molecule has 0 saturated heterocycles. The van der Waals surface area contributed by atoms with E-state index in [0.717, 1.165) is 53.7 Å². The van der Waals surface area contributed by atoms with Crippen LogP contribution in [0.25, 0.3) is 0 Å². The minimum Gasteiger partial charge on any atom is -0.444 e. The topological polar surface area (TPSA) is 358 Å². The molecule has 0 aliphatic rings. The van der Waals surface area contributed by atoms with E-state index >= 15 is 0 Å². The van der Waals surface area contributed by atoms with E-state index in [1.165, 1.54) is 45.3 Å². The lowest BCUT2D eigenvalue weighted by atomic mass is 10.1. The molecule has 0 spiro atoms. The molecule has 8 atom stereocenters. The highest BCUT2D eigenvalue weighted by atomic mass is 32.2. The molecule has 5 aromatic carbocycles. The van der Waals surface area contributed by atoms with Gasteiger partial charge in [-0.25, -0.2) is 64.9 Å². The number of anilines is 4. The number of hydrogen-bond acceptors (Lipinski definition) is 21. The molecule has 0 fully saturated rings. The number of nitrogens with one attached hydrogen (secondary N) is 4. The molecule has 658 valence electrons. The minimum absolute atomic E-state index is 0.0811. The van der Waals surface area contributed by atoms with Crippen LogP contribution in [0.1, 0.15) is 264 Å². The molecule has 32 heteroatoms. The molecule has 0 bridgehead atoms. The van der Waals surface area contributed by atoms with Crippen molar-refractivity contribution in [1.82, 2.24) is 39.1 Å². The number of amides is 1. The fourth-order valence-corrected chi connectivity index (χ4v) is 13.8. The molecule has 1 unspecified atom stereocenters. The maximum absolute atomic E-state index is 12.4. The zero-order chi connectivity index (χ0) is 91.1. The lowest BCUT2D eigenvalue weighted by Gasteiger charge is -2.23. The first-order valence-electron chi connectivity index (χ1n) is 38.6. The molecule has 118 heavy (non-hydrogen) atoms. The van der Waals surface area contributed by atoms with Gasteiger partial charge in [0.25, 0.3) is 0 Å². The summed E-state index contributed by atoms with van der Waals surface area (Å²) in [6, 6.07) is 48.3. The molecular weight excluding hydrogens is 1680 g/mol. The Morgan fingerprint density at radius 2 is 0.737 bits per heavy atom. The number of rotatable bonds is 16. The highest BCUT2D eigenvalue weighted by Gasteiger charge is 2.29. The summed E-state index contributed by atoms with van der Waals surface area (Å²) in [5.74, 6) is 0. The highest BCUT2D eigenvalue weighted by Crippen LogP contribution is 2.32. The molecule has 10 aromatic rings. The number of benzene rings is 5.